The van der Waals surface area contributed by atoms with Crippen molar-refractivity contribution in [3.05, 3.63) is 138 Å². The maximum absolute atomic E-state index is 6.35. The second-order valence-electron chi connectivity index (χ2n) is 8.50. The van der Waals surface area contributed by atoms with Gasteiger partial charge in [-0.2, -0.15) is 0 Å². The van der Waals surface area contributed by atoms with Crippen LogP contribution in [0.4, 0.5) is 0 Å². The Morgan fingerprint density at radius 3 is 1.58 bits per heavy atom. The van der Waals surface area contributed by atoms with Crippen molar-refractivity contribution in [3.8, 4) is 5.75 Å². The smallest absolute Gasteiger partial charge is 0.196 e. The molecule has 1 saturated heterocycles. The molecule has 0 radical (unpaired) electrons. The molecule has 4 aromatic carbocycles. The maximum Gasteiger partial charge on any atom is 0.196 e. The Morgan fingerprint density at radius 2 is 1.06 bits per heavy atom. The molecule has 31 heavy (non-hydrogen) atoms. The first-order chi connectivity index (χ1) is 15.3. The molecule has 0 amide bonds. The Kier molecular flexibility index (Phi) is 5.56. The summed E-state index contributed by atoms with van der Waals surface area (Å²) in [6.45, 7) is 2.96. The van der Waals surface area contributed by atoms with Gasteiger partial charge in [0.25, 0.3) is 0 Å². The Hall–Kier alpha value is -3.36. The van der Waals surface area contributed by atoms with E-state index in [4.69, 9.17) is 4.74 Å². The molecule has 0 bridgehead atoms. The van der Waals surface area contributed by atoms with Crippen molar-refractivity contribution >= 4 is 0 Å². The number of nitrogens with zero attached hydrogens (tertiary/aromatic N) is 1. The van der Waals surface area contributed by atoms with E-state index in [2.05, 4.69) is 103 Å². The van der Waals surface area contributed by atoms with E-state index in [1.807, 2.05) is 18.2 Å². The average molecular weight is 407 g/mol. The van der Waals surface area contributed by atoms with E-state index in [0.717, 1.165) is 29.9 Å². The molecule has 0 spiro atoms. The van der Waals surface area contributed by atoms with E-state index in [-0.39, 0.29) is 12.1 Å². The summed E-state index contributed by atoms with van der Waals surface area (Å²) in [5, 5.41) is 0. The van der Waals surface area contributed by atoms with Crippen molar-refractivity contribution in [1.82, 2.24) is 0 Å². The van der Waals surface area contributed by atoms with E-state index in [1.165, 1.54) is 16.7 Å². The van der Waals surface area contributed by atoms with Crippen LogP contribution in [0.25, 0.3) is 0 Å². The molecule has 0 aromatic heterocycles. The van der Waals surface area contributed by atoms with Gasteiger partial charge in [0.2, 0.25) is 0 Å². The van der Waals surface area contributed by atoms with Crippen LogP contribution in [0.5, 0.6) is 5.75 Å². The molecule has 4 aromatic rings. The standard InChI is InChI=1S/C29H28NO/c1-5-13-24(14-6-1)21-30(22-28(23-30)31-27-19-11-4-12-20-27)29(25-15-7-2-8-16-25)26-17-9-3-10-18-26/h1-20,28-29H,21-23H2/q+1. The minimum Gasteiger partial charge on any atom is -0.479 e. The Balaban J connectivity index is 1.51. The topological polar surface area (TPSA) is 9.23 Å². The molecular weight excluding hydrogens is 378 g/mol. The van der Waals surface area contributed by atoms with Gasteiger partial charge in [-0.15, -0.1) is 0 Å². The lowest BCUT2D eigenvalue weighted by atomic mass is 9.88. The molecule has 1 aliphatic heterocycles. The third kappa shape index (κ3) is 4.26. The highest BCUT2D eigenvalue weighted by molar-refractivity contribution is 5.31. The average Bonchev–Trinajstić information content (AvgIpc) is 2.81. The maximum atomic E-state index is 6.35. The third-order valence-corrected chi connectivity index (χ3v) is 6.30. The van der Waals surface area contributed by atoms with Gasteiger partial charge in [0, 0.05) is 16.7 Å². The zero-order valence-corrected chi connectivity index (χ0v) is 17.7. The van der Waals surface area contributed by atoms with Crippen molar-refractivity contribution in [2.24, 2.45) is 0 Å². The highest BCUT2D eigenvalue weighted by Gasteiger charge is 2.51. The molecule has 2 heteroatoms. The highest BCUT2D eigenvalue weighted by atomic mass is 16.5. The normalized spacial score (nSPS) is 20.2. The van der Waals surface area contributed by atoms with Crippen LogP contribution in [-0.2, 0) is 6.54 Å². The van der Waals surface area contributed by atoms with Crippen LogP contribution in [0.1, 0.15) is 22.7 Å². The molecule has 0 aliphatic carbocycles. The predicted octanol–water partition coefficient (Wildman–Crippen LogP) is 6.25. The van der Waals surface area contributed by atoms with Crippen molar-refractivity contribution < 1.29 is 9.22 Å². The number of hydrogen-bond acceptors (Lipinski definition) is 1. The fourth-order valence-corrected chi connectivity index (χ4v) is 5.00. The zero-order valence-electron chi connectivity index (χ0n) is 17.7. The van der Waals surface area contributed by atoms with Gasteiger partial charge in [-0.1, -0.05) is 109 Å². The summed E-state index contributed by atoms with van der Waals surface area (Å²) in [7, 11) is 0. The first-order valence-corrected chi connectivity index (χ1v) is 11.0. The van der Waals surface area contributed by atoms with Crippen molar-refractivity contribution in [3.63, 3.8) is 0 Å². The number of hydrogen-bond donors (Lipinski definition) is 0. The summed E-state index contributed by atoms with van der Waals surface area (Å²) in [4.78, 5) is 0. The molecule has 5 rings (SSSR count). The molecule has 0 saturated carbocycles. The summed E-state index contributed by atoms with van der Waals surface area (Å²) in [5.74, 6) is 0.959. The summed E-state index contributed by atoms with van der Waals surface area (Å²) >= 11 is 0. The molecule has 2 nitrogen and oxygen atoms in total. The van der Waals surface area contributed by atoms with Crippen LogP contribution in [-0.4, -0.2) is 23.7 Å². The number of likely N-dealkylation sites (tertiary alicyclic amines) is 1. The highest BCUT2D eigenvalue weighted by Crippen LogP contribution is 2.42. The lowest BCUT2D eigenvalue weighted by Gasteiger charge is -2.54. The fraction of sp³-hybridized carbons (Fsp3) is 0.172. The minimum atomic E-state index is 0.223. The predicted molar refractivity (Wildman–Crippen MR) is 126 cm³/mol. The largest absolute Gasteiger partial charge is 0.479 e. The van der Waals surface area contributed by atoms with Crippen molar-refractivity contribution in [2.75, 3.05) is 13.1 Å². The van der Waals surface area contributed by atoms with Gasteiger partial charge in [-0.05, 0) is 12.1 Å². The second kappa shape index (κ2) is 8.79. The third-order valence-electron chi connectivity index (χ3n) is 6.30. The van der Waals surface area contributed by atoms with Crippen LogP contribution in [0.15, 0.2) is 121 Å². The van der Waals surface area contributed by atoms with Crippen LogP contribution >= 0.6 is 0 Å². The molecule has 0 atom stereocenters. The van der Waals surface area contributed by atoms with Gasteiger partial charge in [-0.25, -0.2) is 0 Å². The molecule has 1 fully saturated rings. The summed E-state index contributed by atoms with van der Waals surface area (Å²) in [6.07, 6.45) is 0.223. The van der Waals surface area contributed by atoms with Gasteiger partial charge in [0.1, 0.15) is 31.4 Å². The van der Waals surface area contributed by atoms with Gasteiger partial charge in [-0.3, -0.25) is 0 Å². The van der Waals surface area contributed by atoms with Gasteiger partial charge >= 0.3 is 0 Å². The lowest BCUT2D eigenvalue weighted by molar-refractivity contribution is -1.00. The first-order valence-electron chi connectivity index (χ1n) is 11.0. The first kappa shape index (κ1) is 19.6. The molecule has 0 N–H and O–H groups in total. The van der Waals surface area contributed by atoms with Crippen LogP contribution in [0.2, 0.25) is 0 Å². The number of quaternary nitrogens is 1. The Labute approximate surface area is 185 Å². The quantitative estimate of drug-likeness (QED) is 0.329. The summed E-state index contributed by atoms with van der Waals surface area (Å²) < 4.78 is 7.32. The van der Waals surface area contributed by atoms with E-state index >= 15 is 0 Å². The van der Waals surface area contributed by atoms with E-state index in [0.29, 0.717) is 0 Å². The molecule has 154 valence electrons. The fourth-order valence-electron chi connectivity index (χ4n) is 5.00. The van der Waals surface area contributed by atoms with Gasteiger partial charge in [0.15, 0.2) is 6.10 Å². The van der Waals surface area contributed by atoms with Crippen molar-refractivity contribution in [1.29, 1.82) is 0 Å². The number of rotatable bonds is 7. The Morgan fingerprint density at radius 1 is 0.613 bits per heavy atom. The molecule has 1 heterocycles. The van der Waals surface area contributed by atoms with Crippen LogP contribution in [0, 0.1) is 0 Å². The second-order valence-corrected chi connectivity index (χ2v) is 8.50. The lowest BCUT2D eigenvalue weighted by Crippen LogP contribution is -2.68. The molecular formula is C29H28NO+. The molecule has 1 aliphatic rings. The number of ether oxygens (including phenoxy) is 1. The van der Waals surface area contributed by atoms with Crippen LogP contribution < -0.4 is 4.74 Å². The SMILES string of the molecule is c1ccc(C[N+]2(C(c3ccccc3)c3ccccc3)CC(Oc3ccccc3)C2)cc1. The zero-order chi connectivity index (χ0) is 20.9. The van der Waals surface area contributed by atoms with E-state index < -0.39 is 0 Å². The van der Waals surface area contributed by atoms with Gasteiger partial charge < -0.3 is 9.22 Å². The van der Waals surface area contributed by atoms with Crippen LogP contribution in [0.3, 0.4) is 0 Å². The van der Waals surface area contributed by atoms with E-state index in [1.54, 1.807) is 0 Å². The molecule has 0 unspecified atom stereocenters. The van der Waals surface area contributed by atoms with Crippen molar-refractivity contribution in [2.45, 2.75) is 18.7 Å². The van der Waals surface area contributed by atoms with E-state index in [9.17, 15) is 0 Å². The number of benzene rings is 4. The summed E-state index contributed by atoms with van der Waals surface area (Å²) in [5.41, 5.74) is 4.10. The minimum absolute atomic E-state index is 0.223. The number of para-hydroxylation sites is 1. The summed E-state index contributed by atoms with van der Waals surface area (Å²) in [6, 6.07) is 43.3. The van der Waals surface area contributed by atoms with Gasteiger partial charge in [0.05, 0.1) is 0 Å². The Bertz CT molecular complexity index is 1040. The monoisotopic (exact) mass is 406 g/mol.